The molecule has 7 rings (SSSR count). The number of imide groups is 2. The number of carbonyl (C=O) groups excluding carboxylic acids is 5. The van der Waals surface area contributed by atoms with Crippen LogP contribution in [-0.4, -0.2) is 36.2 Å². The smallest absolute Gasteiger partial charge is 0.334 e. The molecular weight excluding hydrogens is 520 g/mol. The summed E-state index contributed by atoms with van der Waals surface area (Å²) in [6.45, 7) is 13.2. The molecule has 5 aliphatic rings. The van der Waals surface area contributed by atoms with Gasteiger partial charge in [-0.2, -0.15) is 0 Å². The lowest BCUT2D eigenvalue weighted by Crippen LogP contribution is -2.53. The molecule has 2 aliphatic heterocycles. The summed E-state index contributed by atoms with van der Waals surface area (Å²) in [5.41, 5.74) is 6.48. The Bertz CT molecular complexity index is 1470. The minimum Gasteiger partial charge on any atom is -0.463 e. The maximum atomic E-state index is 14.2. The Labute approximate surface area is 239 Å². The molecule has 2 aromatic carbocycles. The van der Waals surface area contributed by atoms with Gasteiger partial charge in [-0.25, -0.2) is 14.6 Å². The molecule has 4 amide bonds. The second kappa shape index (κ2) is 9.23. The van der Waals surface area contributed by atoms with Gasteiger partial charge in [0, 0.05) is 17.4 Å². The highest BCUT2D eigenvalue weighted by atomic mass is 16.5. The molecule has 2 bridgehead atoms. The van der Waals surface area contributed by atoms with Crippen LogP contribution in [0.1, 0.15) is 40.3 Å². The van der Waals surface area contributed by atoms with E-state index in [0.29, 0.717) is 11.4 Å². The molecule has 0 radical (unpaired) electrons. The van der Waals surface area contributed by atoms with Crippen molar-refractivity contribution in [2.45, 2.75) is 48.5 Å². The quantitative estimate of drug-likeness (QED) is 0.415. The molecule has 8 heteroatoms. The van der Waals surface area contributed by atoms with E-state index in [4.69, 9.17) is 4.74 Å². The van der Waals surface area contributed by atoms with Gasteiger partial charge in [-0.1, -0.05) is 41.5 Å². The lowest BCUT2D eigenvalue weighted by molar-refractivity contribution is -0.146. The van der Waals surface area contributed by atoms with Crippen molar-refractivity contribution in [1.29, 1.82) is 0 Å². The van der Waals surface area contributed by atoms with Crippen molar-refractivity contribution in [2.75, 3.05) is 16.4 Å². The first-order chi connectivity index (χ1) is 19.4. The van der Waals surface area contributed by atoms with E-state index in [1.165, 1.54) is 9.80 Å². The van der Waals surface area contributed by atoms with Crippen LogP contribution >= 0.6 is 0 Å². The summed E-state index contributed by atoms with van der Waals surface area (Å²) in [5.74, 6) is -7.52. The molecule has 3 aliphatic carbocycles. The topological polar surface area (TPSA) is 101 Å². The molecule has 8 nitrogen and oxygen atoms in total. The van der Waals surface area contributed by atoms with Gasteiger partial charge in [0.1, 0.15) is 0 Å². The van der Waals surface area contributed by atoms with Gasteiger partial charge < -0.3 is 4.74 Å². The molecule has 0 spiro atoms. The largest absolute Gasteiger partial charge is 0.463 e. The number of benzene rings is 2. The normalized spacial score (nSPS) is 28.3. The molecule has 6 atom stereocenters. The predicted octanol–water partition coefficient (Wildman–Crippen LogP) is 4.20. The van der Waals surface area contributed by atoms with Crippen molar-refractivity contribution < 1.29 is 28.7 Å². The zero-order chi connectivity index (χ0) is 29.7. The number of anilines is 2. The monoisotopic (exact) mass is 554 g/mol. The molecule has 2 heterocycles. The van der Waals surface area contributed by atoms with E-state index in [1.54, 1.807) is 13.0 Å². The van der Waals surface area contributed by atoms with Crippen molar-refractivity contribution in [2.24, 2.45) is 35.5 Å². The summed E-state index contributed by atoms with van der Waals surface area (Å²) in [6, 6.07) is 7.70. The highest BCUT2D eigenvalue weighted by Gasteiger charge is 2.71. The van der Waals surface area contributed by atoms with Gasteiger partial charge in [0.2, 0.25) is 23.6 Å². The Hall–Kier alpha value is -4.07. The molecule has 41 heavy (non-hydrogen) atoms. The fourth-order valence-corrected chi connectivity index (χ4v) is 8.26. The van der Waals surface area contributed by atoms with Crippen LogP contribution in [0.2, 0.25) is 0 Å². The number of amides is 4. The molecule has 1 saturated carbocycles. The third-order valence-electron chi connectivity index (χ3n) is 9.36. The van der Waals surface area contributed by atoms with Gasteiger partial charge >= 0.3 is 5.97 Å². The van der Waals surface area contributed by atoms with Crippen LogP contribution in [0.25, 0.3) is 0 Å². The molecule has 2 unspecified atom stereocenters. The van der Waals surface area contributed by atoms with E-state index in [-0.39, 0.29) is 24.0 Å². The number of esters is 1. The van der Waals surface area contributed by atoms with Gasteiger partial charge in [-0.3, -0.25) is 19.2 Å². The first kappa shape index (κ1) is 27.1. The lowest BCUT2D eigenvalue weighted by atomic mass is 9.52. The SMILES string of the molecule is CCOC(=O)C1=CC2[C@H]3C(=O)N(c4c(C)cc(C)cc4C)C(=O)[C@H]3C1[C@H]1C(=O)N(c3c(C)cc(C)cc3C)C(=O)[C@@H]21. The summed E-state index contributed by atoms with van der Waals surface area (Å²) in [5, 5.41) is 0. The lowest BCUT2D eigenvalue weighted by Gasteiger charge is -2.46. The summed E-state index contributed by atoms with van der Waals surface area (Å²) in [7, 11) is 0. The second-order valence-electron chi connectivity index (χ2n) is 12.1. The molecule has 3 fully saturated rings. The minimum absolute atomic E-state index is 0.122. The Kier molecular flexibility index (Phi) is 6.10. The van der Waals surface area contributed by atoms with E-state index in [1.807, 2.05) is 65.8 Å². The van der Waals surface area contributed by atoms with Gasteiger partial charge in [-0.15, -0.1) is 0 Å². The van der Waals surface area contributed by atoms with E-state index >= 15 is 0 Å². The third-order valence-corrected chi connectivity index (χ3v) is 9.36. The van der Waals surface area contributed by atoms with Gasteiger partial charge in [-0.05, 0) is 70.7 Å². The fraction of sp³-hybridized carbons (Fsp3) is 0.424. The highest BCUT2D eigenvalue weighted by molar-refractivity contribution is 6.27. The Morgan fingerprint density at radius 3 is 1.37 bits per heavy atom. The zero-order valence-electron chi connectivity index (χ0n) is 24.4. The van der Waals surface area contributed by atoms with E-state index in [0.717, 1.165) is 33.4 Å². The molecule has 2 saturated heterocycles. The second-order valence-corrected chi connectivity index (χ2v) is 12.1. The predicted molar refractivity (Wildman–Crippen MR) is 152 cm³/mol. The number of hydrogen-bond donors (Lipinski definition) is 0. The van der Waals surface area contributed by atoms with Crippen LogP contribution < -0.4 is 9.80 Å². The summed E-state index contributed by atoms with van der Waals surface area (Å²) in [6.07, 6.45) is 1.65. The Balaban J connectivity index is 1.50. The van der Waals surface area contributed by atoms with Crippen LogP contribution in [-0.2, 0) is 28.7 Å². The van der Waals surface area contributed by atoms with Crippen molar-refractivity contribution in [3.05, 3.63) is 69.3 Å². The standard InChI is InChI=1S/C33H34N2O6/c1-8-41-33(40)21-13-20-23-25(31(38)34(29(23)36)27-16(4)9-14(2)10-17(27)5)22(21)26-24(20)30(37)35(32(26)39)28-18(6)11-15(3)12-19(28)7/h9-13,20,22-26H,8H2,1-7H3/t20?,22?,23-,24+,25+,26-. The first-order valence-corrected chi connectivity index (χ1v) is 14.2. The summed E-state index contributed by atoms with van der Waals surface area (Å²) >= 11 is 0. The number of rotatable bonds is 4. The molecule has 0 aromatic heterocycles. The van der Waals surface area contributed by atoms with Crippen molar-refractivity contribution in [3.63, 3.8) is 0 Å². The molecule has 0 N–H and O–H groups in total. The van der Waals surface area contributed by atoms with Crippen LogP contribution in [0.3, 0.4) is 0 Å². The zero-order valence-corrected chi connectivity index (χ0v) is 24.4. The molecule has 2 aromatic rings. The fourth-order valence-electron chi connectivity index (χ4n) is 8.26. The Morgan fingerprint density at radius 1 is 0.634 bits per heavy atom. The maximum absolute atomic E-state index is 14.2. The minimum atomic E-state index is -0.936. The van der Waals surface area contributed by atoms with Crippen LogP contribution in [0.4, 0.5) is 11.4 Å². The van der Waals surface area contributed by atoms with Crippen molar-refractivity contribution in [3.8, 4) is 0 Å². The number of nitrogens with zero attached hydrogens (tertiary/aromatic N) is 2. The number of aryl methyl sites for hydroxylation is 6. The number of ether oxygens (including phenoxy) is 1. The van der Waals surface area contributed by atoms with Crippen molar-refractivity contribution in [1.82, 2.24) is 0 Å². The first-order valence-electron chi connectivity index (χ1n) is 14.2. The van der Waals surface area contributed by atoms with E-state index in [2.05, 4.69) is 0 Å². The summed E-state index contributed by atoms with van der Waals surface area (Å²) in [4.78, 5) is 72.5. The van der Waals surface area contributed by atoms with Crippen LogP contribution in [0, 0.1) is 77.0 Å². The van der Waals surface area contributed by atoms with Gasteiger partial charge in [0.05, 0.1) is 41.7 Å². The average molecular weight is 555 g/mol. The molecule has 212 valence electrons. The van der Waals surface area contributed by atoms with Crippen molar-refractivity contribution >= 4 is 41.0 Å². The number of carbonyl (C=O) groups is 5. The van der Waals surface area contributed by atoms with E-state index in [9.17, 15) is 24.0 Å². The summed E-state index contributed by atoms with van der Waals surface area (Å²) < 4.78 is 5.35. The molecular formula is C33H34N2O6. The van der Waals surface area contributed by atoms with Gasteiger partial charge in [0.15, 0.2) is 0 Å². The average Bonchev–Trinajstić information content (AvgIpc) is 3.30. The maximum Gasteiger partial charge on any atom is 0.334 e. The Morgan fingerprint density at radius 2 is 1.00 bits per heavy atom. The van der Waals surface area contributed by atoms with E-state index < -0.39 is 53.3 Å². The number of allylic oxidation sites excluding steroid dienone is 1. The van der Waals surface area contributed by atoms with Crippen LogP contribution in [0.5, 0.6) is 0 Å². The number of hydrogen-bond acceptors (Lipinski definition) is 6. The van der Waals surface area contributed by atoms with Crippen LogP contribution in [0.15, 0.2) is 35.9 Å². The highest BCUT2D eigenvalue weighted by Crippen LogP contribution is 2.61. The third kappa shape index (κ3) is 3.62. The van der Waals surface area contributed by atoms with Gasteiger partial charge in [0.25, 0.3) is 0 Å².